The van der Waals surface area contributed by atoms with Gasteiger partial charge in [-0.25, -0.2) is 13.8 Å². The van der Waals surface area contributed by atoms with E-state index in [4.69, 9.17) is 0 Å². The Balaban J connectivity index is 1.94. The maximum atomic E-state index is 13.2. The van der Waals surface area contributed by atoms with Crippen LogP contribution < -0.4 is 16.6 Å². The third-order valence-corrected chi connectivity index (χ3v) is 4.72. The van der Waals surface area contributed by atoms with Crippen LogP contribution in [0.15, 0.2) is 58.1 Å². The van der Waals surface area contributed by atoms with Gasteiger partial charge in [0.05, 0.1) is 12.2 Å². The zero-order valence-corrected chi connectivity index (χ0v) is 13.8. The number of halogens is 1. The van der Waals surface area contributed by atoms with Crippen LogP contribution in [0.3, 0.4) is 0 Å². The molecule has 26 heavy (non-hydrogen) atoms. The van der Waals surface area contributed by atoms with Crippen molar-refractivity contribution in [1.29, 1.82) is 0 Å². The smallest absolute Gasteiger partial charge is 0.335 e. The largest absolute Gasteiger partial charge is 0.494 e. The fourth-order valence-corrected chi connectivity index (χ4v) is 3.52. The van der Waals surface area contributed by atoms with Crippen LogP contribution in [0.1, 0.15) is 22.7 Å². The van der Waals surface area contributed by atoms with Crippen molar-refractivity contribution in [1.82, 2.24) is 9.55 Å². The number of aromatic amines is 1. The molecule has 6 nitrogen and oxygen atoms in total. The molecule has 2 heterocycles. The number of benzene rings is 2. The number of fused-ring (bicyclic) bond motifs is 1. The molecule has 2 aromatic carbocycles. The molecule has 1 aliphatic heterocycles. The first-order chi connectivity index (χ1) is 12.6. The van der Waals surface area contributed by atoms with Gasteiger partial charge in [-0.1, -0.05) is 24.3 Å². The van der Waals surface area contributed by atoms with Crippen LogP contribution in [0.4, 0.5) is 4.39 Å². The van der Waals surface area contributed by atoms with E-state index >= 15 is 0 Å². The molecule has 1 aromatic heterocycles. The third kappa shape index (κ3) is 2.62. The predicted molar refractivity (Wildman–Crippen MR) is 93.1 cm³/mol. The topological polar surface area (TPSA) is 91.7 Å². The van der Waals surface area contributed by atoms with E-state index in [1.807, 2.05) is 29.6 Å². The highest BCUT2D eigenvalue weighted by atomic mass is 19.1. The molecule has 0 fully saturated rings. The Hall–Kier alpha value is -3.19. The van der Waals surface area contributed by atoms with Gasteiger partial charge in [0, 0.05) is 12.0 Å². The quantitative estimate of drug-likeness (QED) is 0.629. The Morgan fingerprint density at radius 3 is 2.62 bits per heavy atom. The predicted octanol–water partition coefficient (Wildman–Crippen LogP) is 0.579. The molecule has 4 rings (SSSR count). The SMILES string of the molecule is O=c1[nH]c(=O)n(-c2ccc(F)cc2)c(O)c1[C@H]1[NH2+]CCc2ccccc21. The molecule has 0 radical (unpaired) electrons. The van der Waals surface area contributed by atoms with Crippen LogP contribution in [0.25, 0.3) is 5.69 Å². The summed E-state index contributed by atoms with van der Waals surface area (Å²) in [6.07, 6.45) is 0.864. The monoisotopic (exact) mass is 354 g/mol. The summed E-state index contributed by atoms with van der Waals surface area (Å²) in [5.74, 6) is -0.885. The second kappa shape index (κ2) is 6.27. The molecule has 132 valence electrons. The number of aromatic nitrogens is 2. The molecule has 1 atom stereocenters. The molecule has 0 bridgehead atoms. The number of nitrogens with one attached hydrogen (secondary N) is 1. The minimum Gasteiger partial charge on any atom is -0.494 e. The second-order valence-electron chi connectivity index (χ2n) is 6.26. The first kappa shape index (κ1) is 16.3. The molecule has 0 aliphatic carbocycles. The number of H-pyrrole nitrogens is 1. The molecule has 3 aromatic rings. The Morgan fingerprint density at radius 1 is 1.12 bits per heavy atom. The second-order valence-corrected chi connectivity index (χ2v) is 6.26. The Labute approximate surface area is 147 Å². The molecule has 0 saturated carbocycles. The molecule has 1 aliphatic rings. The van der Waals surface area contributed by atoms with Gasteiger partial charge in [-0.3, -0.25) is 9.78 Å². The zero-order chi connectivity index (χ0) is 18.3. The van der Waals surface area contributed by atoms with Crippen LogP contribution in [0, 0.1) is 5.82 Å². The molecular formula is C19H17FN3O3+. The highest BCUT2D eigenvalue weighted by Crippen LogP contribution is 2.28. The number of hydrogen-bond acceptors (Lipinski definition) is 3. The van der Waals surface area contributed by atoms with E-state index in [1.165, 1.54) is 24.3 Å². The first-order valence-electron chi connectivity index (χ1n) is 8.31. The van der Waals surface area contributed by atoms with Gasteiger partial charge in [0.1, 0.15) is 17.4 Å². The molecule has 4 N–H and O–H groups in total. The van der Waals surface area contributed by atoms with Crippen molar-refractivity contribution in [2.24, 2.45) is 0 Å². The van der Waals surface area contributed by atoms with Gasteiger partial charge < -0.3 is 10.4 Å². The van der Waals surface area contributed by atoms with Crippen LogP contribution in [0.2, 0.25) is 0 Å². The van der Waals surface area contributed by atoms with Crippen molar-refractivity contribution in [2.75, 3.05) is 6.54 Å². The fraction of sp³-hybridized carbons (Fsp3) is 0.158. The number of nitrogens with zero attached hydrogens (tertiary/aromatic N) is 1. The number of rotatable bonds is 2. The van der Waals surface area contributed by atoms with Crippen molar-refractivity contribution in [3.05, 3.63) is 91.9 Å². The summed E-state index contributed by atoms with van der Waals surface area (Å²) in [4.78, 5) is 27.0. The van der Waals surface area contributed by atoms with Crippen molar-refractivity contribution < 1.29 is 14.8 Å². The lowest BCUT2D eigenvalue weighted by atomic mass is 9.90. The van der Waals surface area contributed by atoms with Gasteiger partial charge in [-0.15, -0.1) is 0 Å². The number of quaternary nitrogens is 1. The number of aromatic hydroxyl groups is 1. The molecule has 0 unspecified atom stereocenters. The maximum absolute atomic E-state index is 13.2. The van der Waals surface area contributed by atoms with Gasteiger partial charge >= 0.3 is 5.69 Å². The van der Waals surface area contributed by atoms with E-state index in [2.05, 4.69) is 4.98 Å². The zero-order valence-electron chi connectivity index (χ0n) is 13.8. The maximum Gasteiger partial charge on any atom is 0.335 e. The van der Waals surface area contributed by atoms with Gasteiger partial charge in [-0.05, 0) is 29.8 Å². The standard InChI is InChI=1S/C19H16FN3O3/c20-12-5-7-13(8-6-12)23-18(25)15(17(24)22-19(23)26)16-14-4-2-1-3-11(14)9-10-21-16/h1-8,16,21,25H,9-10H2,(H,22,24,26)/p+1/t16-/m0/s1. The van der Waals surface area contributed by atoms with Gasteiger partial charge in [-0.2, -0.15) is 0 Å². The van der Waals surface area contributed by atoms with E-state index in [1.54, 1.807) is 0 Å². The van der Waals surface area contributed by atoms with E-state index in [-0.39, 0.29) is 11.3 Å². The first-order valence-corrected chi connectivity index (χ1v) is 8.31. The fourth-order valence-electron chi connectivity index (χ4n) is 3.52. The number of hydrogen-bond donors (Lipinski definition) is 3. The van der Waals surface area contributed by atoms with Crippen molar-refractivity contribution in [3.8, 4) is 11.6 Å². The summed E-state index contributed by atoms with van der Waals surface area (Å²) in [5, 5.41) is 12.7. The summed E-state index contributed by atoms with van der Waals surface area (Å²) in [6, 6.07) is 12.4. The Bertz CT molecular complexity index is 1090. The van der Waals surface area contributed by atoms with E-state index in [0.717, 1.165) is 28.7 Å². The molecule has 0 amide bonds. The van der Waals surface area contributed by atoms with Crippen molar-refractivity contribution >= 4 is 0 Å². The van der Waals surface area contributed by atoms with Crippen molar-refractivity contribution in [2.45, 2.75) is 12.5 Å². The summed E-state index contributed by atoms with van der Waals surface area (Å²) in [5.41, 5.74) is 1.04. The van der Waals surface area contributed by atoms with Gasteiger partial charge in [0.15, 0.2) is 0 Å². The minimum absolute atomic E-state index is 0.112. The lowest BCUT2D eigenvalue weighted by Crippen LogP contribution is -2.87. The summed E-state index contributed by atoms with van der Waals surface area (Å²) >= 11 is 0. The molecule has 0 saturated heterocycles. The molecular weight excluding hydrogens is 337 g/mol. The minimum atomic E-state index is -0.771. The summed E-state index contributed by atoms with van der Waals surface area (Å²) < 4.78 is 14.2. The molecule has 7 heteroatoms. The van der Waals surface area contributed by atoms with Gasteiger partial charge in [0.2, 0.25) is 5.88 Å². The third-order valence-electron chi connectivity index (χ3n) is 4.72. The lowest BCUT2D eigenvalue weighted by molar-refractivity contribution is -0.690. The van der Waals surface area contributed by atoms with Crippen LogP contribution in [-0.2, 0) is 6.42 Å². The van der Waals surface area contributed by atoms with E-state index < -0.39 is 29.0 Å². The Kier molecular flexibility index (Phi) is 3.93. The van der Waals surface area contributed by atoms with E-state index in [0.29, 0.717) is 0 Å². The normalized spacial score (nSPS) is 16.3. The lowest BCUT2D eigenvalue weighted by Gasteiger charge is -2.24. The Morgan fingerprint density at radius 2 is 1.85 bits per heavy atom. The highest BCUT2D eigenvalue weighted by molar-refractivity contribution is 5.43. The highest BCUT2D eigenvalue weighted by Gasteiger charge is 2.31. The van der Waals surface area contributed by atoms with E-state index in [9.17, 15) is 19.1 Å². The van der Waals surface area contributed by atoms with Crippen LogP contribution in [-0.4, -0.2) is 21.2 Å². The van der Waals surface area contributed by atoms with Crippen LogP contribution in [0.5, 0.6) is 5.88 Å². The summed E-state index contributed by atoms with van der Waals surface area (Å²) in [6.45, 7) is 0.760. The average molecular weight is 354 g/mol. The van der Waals surface area contributed by atoms with Crippen LogP contribution >= 0.6 is 0 Å². The number of nitrogens with two attached hydrogens (primary N) is 1. The van der Waals surface area contributed by atoms with Gasteiger partial charge in [0.25, 0.3) is 5.56 Å². The average Bonchev–Trinajstić information content (AvgIpc) is 2.63. The summed E-state index contributed by atoms with van der Waals surface area (Å²) in [7, 11) is 0. The molecule has 0 spiro atoms. The van der Waals surface area contributed by atoms with Crippen molar-refractivity contribution in [3.63, 3.8) is 0 Å².